The van der Waals surface area contributed by atoms with E-state index in [4.69, 9.17) is 4.74 Å². The summed E-state index contributed by atoms with van der Waals surface area (Å²) < 4.78 is 32.2. The van der Waals surface area contributed by atoms with Gasteiger partial charge in [-0.1, -0.05) is 36.4 Å². The summed E-state index contributed by atoms with van der Waals surface area (Å²) in [6.07, 6.45) is 3.39. The van der Waals surface area contributed by atoms with Gasteiger partial charge in [0.25, 0.3) is 0 Å². The molecule has 0 atom stereocenters. The van der Waals surface area contributed by atoms with Crippen molar-refractivity contribution in [1.82, 2.24) is 9.80 Å². The summed E-state index contributed by atoms with van der Waals surface area (Å²) in [5, 5.41) is 0. The standard InChI is InChI=1S/C27H26F2N2O2/c1-33-25-13-2-20(3-14-25)4-15-26(32)30-16-18-31(19-17-30)27(21-5-9-23(28)10-6-21)22-7-11-24(29)12-8-22/h2-15,27H,16-19H2,1H3/b15-4+. The van der Waals surface area contributed by atoms with Crippen LogP contribution in [0.2, 0.25) is 0 Å². The van der Waals surface area contributed by atoms with E-state index in [1.165, 1.54) is 24.3 Å². The van der Waals surface area contributed by atoms with Crippen molar-refractivity contribution in [3.05, 3.63) is 107 Å². The molecule has 170 valence electrons. The third-order valence-electron chi connectivity index (χ3n) is 5.90. The maximum absolute atomic E-state index is 13.5. The van der Waals surface area contributed by atoms with E-state index < -0.39 is 0 Å². The third kappa shape index (κ3) is 5.65. The fourth-order valence-electron chi connectivity index (χ4n) is 4.09. The van der Waals surface area contributed by atoms with Gasteiger partial charge in [-0.05, 0) is 59.2 Å². The number of carbonyl (C=O) groups is 1. The number of rotatable bonds is 6. The number of hydrogen-bond donors (Lipinski definition) is 0. The Balaban J connectivity index is 1.44. The number of nitrogens with zero attached hydrogens (tertiary/aromatic N) is 2. The van der Waals surface area contributed by atoms with Gasteiger partial charge in [-0.25, -0.2) is 8.78 Å². The second-order valence-corrected chi connectivity index (χ2v) is 7.97. The normalized spacial score (nSPS) is 14.7. The van der Waals surface area contributed by atoms with Gasteiger partial charge in [0.1, 0.15) is 17.4 Å². The van der Waals surface area contributed by atoms with Gasteiger partial charge < -0.3 is 9.64 Å². The molecule has 0 aromatic heterocycles. The first kappa shape index (κ1) is 22.7. The molecule has 0 bridgehead atoms. The maximum atomic E-state index is 13.5. The number of halogens is 2. The van der Waals surface area contributed by atoms with Crippen molar-refractivity contribution in [3.8, 4) is 5.75 Å². The molecule has 1 aliphatic rings. The molecule has 4 rings (SSSR count). The van der Waals surface area contributed by atoms with E-state index in [1.807, 2.05) is 29.2 Å². The van der Waals surface area contributed by atoms with Crippen LogP contribution in [-0.2, 0) is 4.79 Å². The van der Waals surface area contributed by atoms with E-state index in [0.717, 1.165) is 22.4 Å². The van der Waals surface area contributed by atoms with Crippen molar-refractivity contribution in [2.75, 3.05) is 33.3 Å². The first-order chi connectivity index (χ1) is 16.0. The van der Waals surface area contributed by atoms with Crippen molar-refractivity contribution >= 4 is 12.0 Å². The van der Waals surface area contributed by atoms with Gasteiger partial charge in [-0.15, -0.1) is 0 Å². The molecule has 1 aliphatic heterocycles. The average molecular weight is 449 g/mol. The second kappa shape index (κ2) is 10.4. The highest BCUT2D eigenvalue weighted by Gasteiger charge is 2.27. The van der Waals surface area contributed by atoms with Gasteiger partial charge >= 0.3 is 0 Å². The molecule has 4 nitrogen and oxygen atoms in total. The summed E-state index contributed by atoms with van der Waals surface area (Å²) in [5.74, 6) is 0.142. The molecule has 3 aromatic carbocycles. The summed E-state index contributed by atoms with van der Waals surface area (Å²) in [6.45, 7) is 2.46. The van der Waals surface area contributed by atoms with E-state index in [1.54, 1.807) is 43.5 Å². The van der Waals surface area contributed by atoms with Crippen LogP contribution in [0.4, 0.5) is 8.78 Å². The Hall–Kier alpha value is -3.51. The number of methoxy groups -OCH3 is 1. The highest BCUT2D eigenvalue weighted by molar-refractivity contribution is 5.91. The van der Waals surface area contributed by atoms with E-state index in [2.05, 4.69) is 4.90 Å². The number of amides is 1. The molecule has 1 heterocycles. The van der Waals surface area contributed by atoms with Crippen molar-refractivity contribution in [3.63, 3.8) is 0 Å². The van der Waals surface area contributed by atoms with Gasteiger partial charge in [0, 0.05) is 32.3 Å². The lowest BCUT2D eigenvalue weighted by Crippen LogP contribution is -2.49. The monoisotopic (exact) mass is 448 g/mol. The number of carbonyl (C=O) groups excluding carboxylic acids is 1. The zero-order valence-electron chi connectivity index (χ0n) is 18.5. The molecule has 1 amide bonds. The summed E-state index contributed by atoms with van der Waals surface area (Å²) in [4.78, 5) is 16.8. The van der Waals surface area contributed by atoms with Gasteiger partial charge in [0.2, 0.25) is 5.91 Å². The van der Waals surface area contributed by atoms with Crippen LogP contribution in [0.25, 0.3) is 6.08 Å². The first-order valence-corrected chi connectivity index (χ1v) is 10.9. The lowest BCUT2D eigenvalue weighted by molar-refractivity contribution is -0.127. The molecule has 33 heavy (non-hydrogen) atoms. The van der Waals surface area contributed by atoms with E-state index >= 15 is 0 Å². The second-order valence-electron chi connectivity index (χ2n) is 7.97. The third-order valence-corrected chi connectivity index (χ3v) is 5.90. The first-order valence-electron chi connectivity index (χ1n) is 10.9. The van der Waals surface area contributed by atoms with Crippen LogP contribution in [0.3, 0.4) is 0 Å². The van der Waals surface area contributed by atoms with Crippen LogP contribution in [0, 0.1) is 11.6 Å². The lowest BCUT2D eigenvalue weighted by atomic mass is 9.96. The van der Waals surface area contributed by atoms with Crippen molar-refractivity contribution in [2.45, 2.75) is 6.04 Å². The van der Waals surface area contributed by atoms with Crippen molar-refractivity contribution < 1.29 is 18.3 Å². The highest BCUT2D eigenvalue weighted by Crippen LogP contribution is 2.30. The van der Waals surface area contributed by atoms with Crippen LogP contribution in [0.5, 0.6) is 5.75 Å². The molecule has 0 aliphatic carbocycles. The largest absolute Gasteiger partial charge is 0.497 e. The molecule has 0 unspecified atom stereocenters. The Bertz CT molecular complexity index is 1040. The Morgan fingerprint density at radius 1 is 0.818 bits per heavy atom. The topological polar surface area (TPSA) is 32.8 Å². The molecule has 1 fully saturated rings. The zero-order valence-corrected chi connectivity index (χ0v) is 18.5. The smallest absolute Gasteiger partial charge is 0.246 e. The minimum Gasteiger partial charge on any atom is -0.497 e. The minimum atomic E-state index is -0.296. The SMILES string of the molecule is COc1ccc(/C=C/C(=O)N2CCN(C(c3ccc(F)cc3)c3ccc(F)cc3)CC2)cc1. The summed E-state index contributed by atoms with van der Waals surface area (Å²) in [5.41, 5.74) is 2.79. The summed E-state index contributed by atoms with van der Waals surface area (Å²) in [7, 11) is 1.62. The molecular weight excluding hydrogens is 422 g/mol. The number of hydrogen-bond acceptors (Lipinski definition) is 3. The quantitative estimate of drug-likeness (QED) is 0.502. The predicted octanol–water partition coefficient (Wildman–Crippen LogP) is 4.92. The highest BCUT2D eigenvalue weighted by atomic mass is 19.1. The van der Waals surface area contributed by atoms with E-state index in [9.17, 15) is 13.6 Å². The van der Waals surface area contributed by atoms with Crippen molar-refractivity contribution in [2.24, 2.45) is 0 Å². The fraction of sp³-hybridized carbons (Fsp3) is 0.222. The predicted molar refractivity (Wildman–Crippen MR) is 125 cm³/mol. The Labute approximate surface area is 192 Å². The van der Waals surface area contributed by atoms with Gasteiger partial charge in [0.05, 0.1) is 13.2 Å². The van der Waals surface area contributed by atoms with Crippen LogP contribution in [0.15, 0.2) is 78.9 Å². The Kier molecular flexibility index (Phi) is 7.15. The lowest BCUT2D eigenvalue weighted by Gasteiger charge is -2.39. The maximum Gasteiger partial charge on any atom is 0.246 e. The molecule has 0 spiro atoms. The molecule has 0 saturated carbocycles. The van der Waals surface area contributed by atoms with E-state index in [-0.39, 0.29) is 23.6 Å². The fourth-order valence-corrected chi connectivity index (χ4v) is 4.09. The van der Waals surface area contributed by atoms with Crippen molar-refractivity contribution in [1.29, 1.82) is 0 Å². The molecule has 0 N–H and O–H groups in total. The molecular formula is C27H26F2N2O2. The molecule has 6 heteroatoms. The zero-order chi connectivity index (χ0) is 23.2. The minimum absolute atomic E-state index is 0.0365. The van der Waals surface area contributed by atoms with Crippen LogP contribution in [0.1, 0.15) is 22.7 Å². The van der Waals surface area contributed by atoms with Gasteiger partial charge in [0.15, 0.2) is 0 Å². The number of benzene rings is 3. The van der Waals surface area contributed by atoms with E-state index in [0.29, 0.717) is 26.2 Å². The molecule has 3 aromatic rings. The van der Waals surface area contributed by atoms with Crippen LogP contribution < -0.4 is 4.74 Å². The van der Waals surface area contributed by atoms with Gasteiger partial charge in [-0.3, -0.25) is 9.69 Å². The average Bonchev–Trinajstić information content (AvgIpc) is 2.86. The Morgan fingerprint density at radius 3 is 1.82 bits per heavy atom. The summed E-state index contributed by atoms with van der Waals surface area (Å²) in [6, 6.07) is 20.2. The molecule has 0 radical (unpaired) electrons. The van der Waals surface area contributed by atoms with Crippen LogP contribution in [-0.4, -0.2) is 49.0 Å². The molecule has 1 saturated heterocycles. The van der Waals surface area contributed by atoms with Gasteiger partial charge in [-0.2, -0.15) is 0 Å². The Morgan fingerprint density at radius 2 is 1.33 bits per heavy atom. The number of piperazine rings is 1. The van der Waals surface area contributed by atoms with Crippen LogP contribution >= 0.6 is 0 Å². The number of ether oxygens (including phenoxy) is 1. The summed E-state index contributed by atoms with van der Waals surface area (Å²) >= 11 is 0.